The number of hydrogen-bond acceptors (Lipinski definition) is 3. The van der Waals surface area contributed by atoms with E-state index >= 15 is 0 Å². The summed E-state index contributed by atoms with van der Waals surface area (Å²) in [6.45, 7) is 3.51. The second kappa shape index (κ2) is 5.89. The Bertz CT molecular complexity index is 390. The van der Waals surface area contributed by atoms with Crippen LogP contribution in [0.25, 0.3) is 0 Å². The third kappa shape index (κ3) is 4.14. The van der Waals surface area contributed by atoms with E-state index in [1.54, 1.807) is 26.0 Å². The number of benzene rings is 1. The molecule has 0 heterocycles. The van der Waals surface area contributed by atoms with Crippen molar-refractivity contribution in [3.63, 3.8) is 0 Å². The summed E-state index contributed by atoms with van der Waals surface area (Å²) in [5.41, 5.74) is 6.21. The van der Waals surface area contributed by atoms with Crippen molar-refractivity contribution in [2.75, 3.05) is 0 Å². The first-order valence-corrected chi connectivity index (χ1v) is 5.36. The minimum Gasteiger partial charge on any atom is -0.447 e. The summed E-state index contributed by atoms with van der Waals surface area (Å²) >= 11 is 0. The van der Waals surface area contributed by atoms with Gasteiger partial charge in [-0.1, -0.05) is 30.3 Å². The van der Waals surface area contributed by atoms with Crippen molar-refractivity contribution in [3.05, 3.63) is 35.9 Å². The Hall–Kier alpha value is -2.04. The van der Waals surface area contributed by atoms with Gasteiger partial charge in [0.1, 0.15) is 11.9 Å². The van der Waals surface area contributed by atoms with Crippen LogP contribution >= 0.6 is 0 Å². The van der Waals surface area contributed by atoms with Crippen LogP contribution in [0.3, 0.4) is 0 Å². The first-order chi connectivity index (χ1) is 8.00. The Balaban J connectivity index is 2.75. The lowest BCUT2D eigenvalue weighted by atomic mass is 10.1. The van der Waals surface area contributed by atoms with Crippen LogP contribution in [0.5, 0.6) is 0 Å². The fourth-order valence-electron chi connectivity index (χ4n) is 1.35. The van der Waals surface area contributed by atoms with Crippen LogP contribution in [0.1, 0.15) is 25.5 Å². The molecule has 1 aromatic rings. The molecule has 0 aromatic heterocycles. The van der Waals surface area contributed by atoms with Crippen molar-refractivity contribution in [2.45, 2.75) is 26.0 Å². The number of ether oxygens (including phenoxy) is 1. The van der Waals surface area contributed by atoms with Gasteiger partial charge < -0.3 is 15.8 Å². The summed E-state index contributed by atoms with van der Waals surface area (Å²) in [5.74, 6) is -0.128. The van der Waals surface area contributed by atoms with E-state index in [4.69, 9.17) is 15.9 Å². The van der Waals surface area contributed by atoms with Gasteiger partial charge in [0.15, 0.2) is 0 Å². The van der Waals surface area contributed by atoms with Gasteiger partial charge in [-0.05, 0) is 19.4 Å². The van der Waals surface area contributed by atoms with Crippen LogP contribution in [-0.4, -0.2) is 18.0 Å². The van der Waals surface area contributed by atoms with Crippen LogP contribution in [0.15, 0.2) is 30.3 Å². The molecule has 1 rings (SSSR count). The summed E-state index contributed by atoms with van der Waals surface area (Å²) in [4.78, 5) is 11.5. The zero-order valence-electron chi connectivity index (χ0n) is 9.94. The maximum atomic E-state index is 11.5. The van der Waals surface area contributed by atoms with E-state index in [2.05, 4.69) is 5.32 Å². The predicted octanol–water partition coefficient (Wildman–Crippen LogP) is 1.80. The highest BCUT2D eigenvalue weighted by molar-refractivity contribution is 5.87. The molecule has 5 heteroatoms. The molecule has 0 fully saturated rings. The number of carbonyl (C=O) groups is 1. The van der Waals surface area contributed by atoms with E-state index in [0.29, 0.717) is 0 Å². The molecule has 17 heavy (non-hydrogen) atoms. The average Bonchev–Trinajstić information content (AvgIpc) is 2.25. The second-order valence-corrected chi connectivity index (χ2v) is 3.90. The third-order valence-electron chi connectivity index (χ3n) is 2.05. The molecule has 0 aliphatic carbocycles. The van der Waals surface area contributed by atoms with Gasteiger partial charge in [-0.15, -0.1) is 0 Å². The van der Waals surface area contributed by atoms with Crippen LogP contribution < -0.4 is 11.1 Å². The molecule has 1 aromatic carbocycles. The molecule has 0 radical (unpaired) electrons. The molecule has 1 atom stereocenters. The summed E-state index contributed by atoms with van der Waals surface area (Å²) in [5, 5.41) is 10.0. The molecule has 4 N–H and O–H groups in total. The molecular weight excluding hydrogens is 218 g/mol. The van der Waals surface area contributed by atoms with Crippen molar-refractivity contribution in [1.82, 2.24) is 5.32 Å². The smallest absolute Gasteiger partial charge is 0.408 e. The maximum absolute atomic E-state index is 11.5. The second-order valence-electron chi connectivity index (χ2n) is 3.90. The number of nitrogens with one attached hydrogen (secondary N) is 2. The highest BCUT2D eigenvalue weighted by Crippen LogP contribution is 2.12. The van der Waals surface area contributed by atoms with Gasteiger partial charge in [0.2, 0.25) is 0 Å². The van der Waals surface area contributed by atoms with Crippen LogP contribution in [0.2, 0.25) is 0 Å². The normalized spacial score (nSPS) is 11.9. The Morgan fingerprint density at radius 1 is 1.35 bits per heavy atom. The fraction of sp³-hybridized carbons (Fsp3) is 0.333. The van der Waals surface area contributed by atoms with Gasteiger partial charge in [-0.25, -0.2) is 4.79 Å². The minimum atomic E-state index is -0.651. The van der Waals surface area contributed by atoms with Crippen molar-refractivity contribution in [1.29, 1.82) is 5.41 Å². The Labute approximate surface area is 100 Å². The molecule has 0 spiro atoms. The highest BCUT2D eigenvalue weighted by Gasteiger charge is 2.18. The Kier molecular flexibility index (Phi) is 4.51. The SMILES string of the molecule is CC(C)OC(=O)NC(C(=N)N)c1ccccc1. The zero-order chi connectivity index (χ0) is 12.8. The number of rotatable bonds is 4. The van der Waals surface area contributed by atoms with Gasteiger partial charge >= 0.3 is 6.09 Å². The number of amidine groups is 1. The summed E-state index contributed by atoms with van der Waals surface area (Å²) in [6.07, 6.45) is -0.789. The topological polar surface area (TPSA) is 88.2 Å². The van der Waals surface area contributed by atoms with Crippen LogP contribution in [-0.2, 0) is 4.74 Å². The first-order valence-electron chi connectivity index (χ1n) is 5.36. The predicted molar refractivity (Wildman–Crippen MR) is 65.8 cm³/mol. The molecule has 0 aliphatic heterocycles. The van der Waals surface area contributed by atoms with Gasteiger partial charge in [0.25, 0.3) is 0 Å². The molecule has 0 saturated carbocycles. The number of amides is 1. The van der Waals surface area contributed by atoms with Crippen molar-refractivity contribution in [3.8, 4) is 0 Å². The minimum absolute atomic E-state index is 0.128. The Morgan fingerprint density at radius 3 is 2.41 bits per heavy atom. The van der Waals surface area contributed by atoms with Gasteiger partial charge in [-0.2, -0.15) is 0 Å². The standard InChI is InChI=1S/C12H17N3O2/c1-8(2)17-12(16)15-10(11(13)14)9-6-4-3-5-7-9/h3-8,10H,1-2H3,(H3,13,14)(H,15,16). The largest absolute Gasteiger partial charge is 0.447 e. The zero-order valence-corrected chi connectivity index (χ0v) is 9.94. The lowest BCUT2D eigenvalue weighted by molar-refractivity contribution is 0.114. The van der Waals surface area contributed by atoms with Gasteiger partial charge in [0.05, 0.1) is 6.10 Å². The van der Waals surface area contributed by atoms with Crippen LogP contribution in [0, 0.1) is 5.41 Å². The van der Waals surface area contributed by atoms with Gasteiger partial charge in [-0.3, -0.25) is 5.41 Å². The van der Waals surface area contributed by atoms with Crippen molar-refractivity contribution >= 4 is 11.9 Å². The quantitative estimate of drug-likeness (QED) is 0.549. The lowest BCUT2D eigenvalue weighted by Crippen LogP contribution is -2.38. The van der Waals surface area contributed by atoms with E-state index in [1.807, 2.05) is 18.2 Å². The maximum Gasteiger partial charge on any atom is 0.408 e. The average molecular weight is 235 g/mol. The lowest BCUT2D eigenvalue weighted by Gasteiger charge is -2.18. The summed E-state index contributed by atoms with van der Waals surface area (Å²) in [6, 6.07) is 8.43. The van der Waals surface area contributed by atoms with E-state index in [9.17, 15) is 4.79 Å². The number of carbonyl (C=O) groups excluding carboxylic acids is 1. The van der Waals surface area contributed by atoms with E-state index < -0.39 is 12.1 Å². The number of hydrogen-bond donors (Lipinski definition) is 3. The first kappa shape index (κ1) is 13.0. The molecule has 5 nitrogen and oxygen atoms in total. The van der Waals surface area contributed by atoms with Crippen molar-refractivity contribution in [2.24, 2.45) is 5.73 Å². The molecule has 1 unspecified atom stereocenters. The van der Waals surface area contributed by atoms with E-state index in [0.717, 1.165) is 5.56 Å². The van der Waals surface area contributed by atoms with E-state index in [-0.39, 0.29) is 11.9 Å². The van der Waals surface area contributed by atoms with Crippen LogP contribution in [0.4, 0.5) is 4.79 Å². The number of alkyl carbamates (subject to hydrolysis) is 1. The van der Waals surface area contributed by atoms with Crippen molar-refractivity contribution < 1.29 is 9.53 Å². The van der Waals surface area contributed by atoms with E-state index in [1.165, 1.54) is 0 Å². The highest BCUT2D eigenvalue weighted by atomic mass is 16.6. The fourth-order valence-corrected chi connectivity index (χ4v) is 1.35. The summed E-state index contributed by atoms with van der Waals surface area (Å²) in [7, 11) is 0. The molecule has 92 valence electrons. The molecule has 0 aliphatic rings. The third-order valence-corrected chi connectivity index (χ3v) is 2.05. The molecular formula is C12H17N3O2. The molecule has 1 amide bonds. The number of nitrogens with two attached hydrogens (primary N) is 1. The monoisotopic (exact) mass is 235 g/mol. The molecule has 0 saturated heterocycles. The Morgan fingerprint density at radius 2 is 1.94 bits per heavy atom. The molecule has 0 bridgehead atoms. The van der Waals surface area contributed by atoms with Gasteiger partial charge in [0, 0.05) is 0 Å². The summed E-state index contributed by atoms with van der Waals surface area (Å²) < 4.78 is 4.95.